The van der Waals surface area contributed by atoms with Gasteiger partial charge in [-0.25, -0.2) is 0 Å². The number of nitrogens with zero attached hydrogens (tertiary/aromatic N) is 3. The van der Waals surface area contributed by atoms with Crippen molar-refractivity contribution in [3.05, 3.63) is 11.6 Å². The molecule has 0 N–H and O–H groups in total. The maximum atomic E-state index is 4.34. The molecule has 1 heterocycles. The summed E-state index contributed by atoms with van der Waals surface area (Å²) in [5.74, 6) is 3.71. The van der Waals surface area contributed by atoms with Crippen molar-refractivity contribution >= 4 is 0 Å². The van der Waals surface area contributed by atoms with E-state index in [1.54, 1.807) is 0 Å². The number of hydrogen-bond donors (Lipinski definition) is 0. The van der Waals surface area contributed by atoms with Gasteiger partial charge in [0, 0.05) is 13.0 Å². The standard InChI is InChI=1S/C14H25N3/c1-10-15-16-13(17(10)5)11-6-8-12(9-7-11)14(2,3)4/h11-12H,6-9H2,1-5H3. The van der Waals surface area contributed by atoms with Gasteiger partial charge in [-0.05, 0) is 43.9 Å². The molecule has 0 atom stereocenters. The molecule has 3 nitrogen and oxygen atoms in total. The lowest BCUT2D eigenvalue weighted by Crippen LogP contribution is -2.26. The molecule has 0 aliphatic heterocycles. The molecule has 1 aromatic heterocycles. The summed E-state index contributed by atoms with van der Waals surface area (Å²) in [5, 5.41) is 8.51. The highest BCUT2D eigenvalue weighted by Crippen LogP contribution is 2.42. The van der Waals surface area contributed by atoms with Crippen LogP contribution in [0, 0.1) is 18.3 Å². The highest BCUT2D eigenvalue weighted by atomic mass is 15.3. The minimum Gasteiger partial charge on any atom is -0.318 e. The SMILES string of the molecule is Cc1nnc(C2CCC(C(C)(C)C)CC2)n1C. The van der Waals surface area contributed by atoms with Crippen molar-refractivity contribution in [3.63, 3.8) is 0 Å². The molecule has 1 aliphatic carbocycles. The Kier molecular flexibility index (Phi) is 3.28. The van der Waals surface area contributed by atoms with Crippen LogP contribution in [0.1, 0.15) is 64.0 Å². The van der Waals surface area contributed by atoms with E-state index in [0.29, 0.717) is 11.3 Å². The van der Waals surface area contributed by atoms with Gasteiger partial charge in [-0.15, -0.1) is 10.2 Å². The topological polar surface area (TPSA) is 30.7 Å². The van der Waals surface area contributed by atoms with E-state index in [4.69, 9.17) is 0 Å². The Balaban J connectivity index is 2.02. The summed E-state index contributed by atoms with van der Waals surface area (Å²) in [6.45, 7) is 9.12. The van der Waals surface area contributed by atoms with Crippen molar-refractivity contribution < 1.29 is 0 Å². The van der Waals surface area contributed by atoms with Crippen LogP contribution in [0.3, 0.4) is 0 Å². The Labute approximate surface area is 105 Å². The molecule has 1 aliphatic rings. The Morgan fingerprint density at radius 1 is 1.06 bits per heavy atom. The van der Waals surface area contributed by atoms with Crippen LogP contribution in [0.5, 0.6) is 0 Å². The zero-order chi connectivity index (χ0) is 12.6. The molecule has 0 aromatic carbocycles. The number of aromatic nitrogens is 3. The summed E-state index contributed by atoms with van der Waals surface area (Å²) in [6.07, 6.45) is 5.21. The Hall–Kier alpha value is -0.860. The van der Waals surface area contributed by atoms with E-state index in [0.717, 1.165) is 11.7 Å². The Bertz CT molecular complexity index is 379. The van der Waals surface area contributed by atoms with Crippen LogP contribution in [0.2, 0.25) is 0 Å². The molecule has 0 saturated heterocycles. The molecule has 0 unspecified atom stereocenters. The van der Waals surface area contributed by atoms with Crippen LogP contribution in [-0.4, -0.2) is 14.8 Å². The molecule has 3 heteroatoms. The first-order valence-corrected chi connectivity index (χ1v) is 6.75. The van der Waals surface area contributed by atoms with Gasteiger partial charge in [0.25, 0.3) is 0 Å². The first-order chi connectivity index (χ1) is 7.89. The van der Waals surface area contributed by atoms with Gasteiger partial charge >= 0.3 is 0 Å². The summed E-state index contributed by atoms with van der Waals surface area (Å²) >= 11 is 0. The van der Waals surface area contributed by atoms with E-state index in [1.165, 1.54) is 31.5 Å². The number of aryl methyl sites for hydroxylation is 1. The molecule has 96 valence electrons. The highest BCUT2D eigenvalue weighted by Gasteiger charge is 2.31. The van der Waals surface area contributed by atoms with E-state index < -0.39 is 0 Å². The normalized spacial score (nSPS) is 26.2. The summed E-state index contributed by atoms with van der Waals surface area (Å²) in [4.78, 5) is 0. The van der Waals surface area contributed by atoms with Gasteiger partial charge in [-0.2, -0.15) is 0 Å². The average Bonchev–Trinajstić information content (AvgIpc) is 2.59. The van der Waals surface area contributed by atoms with Crippen molar-refractivity contribution in [2.24, 2.45) is 18.4 Å². The number of rotatable bonds is 1. The zero-order valence-corrected chi connectivity index (χ0v) is 11.8. The van der Waals surface area contributed by atoms with Crippen molar-refractivity contribution in [2.45, 2.75) is 59.3 Å². The minimum absolute atomic E-state index is 0.459. The highest BCUT2D eigenvalue weighted by molar-refractivity contribution is 5.02. The van der Waals surface area contributed by atoms with Gasteiger partial charge in [0.05, 0.1) is 0 Å². The van der Waals surface area contributed by atoms with Gasteiger partial charge in [-0.3, -0.25) is 0 Å². The van der Waals surface area contributed by atoms with Crippen LogP contribution in [0.25, 0.3) is 0 Å². The first-order valence-electron chi connectivity index (χ1n) is 6.75. The second kappa shape index (κ2) is 4.43. The third-order valence-corrected chi connectivity index (χ3v) is 4.44. The molecular weight excluding hydrogens is 210 g/mol. The maximum absolute atomic E-state index is 4.34. The molecule has 1 fully saturated rings. The molecule has 0 spiro atoms. The van der Waals surface area contributed by atoms with Crippen LogP contribution < -0.4 is 0 Å². The maximum Gasteiger partial charge on any atom is 0.135 e. The van der Waals surface area contributed by atoms with Gasteiger partial charge in [0.15, 0.2) is 0 Å². The average molecular weight is 235 g/mol. The molecule has 1 saturated carbocycles. The lowest BCUT2D eigenvalue weighted by Gasteiger charge is -2.36. The van der Waals surface area contributed by atoms with E-state index in [9.17, 15) is 0 Å². The smallest absolute Gasteiger partial charge is 0.135 e. The van der Waals surface area contributed by atoms with Gasteiger partial charge in [-0.1, -0.05) is 20.8 Å². The second-order valence-electron chi connectivity index (χ2n) is 6.58. The van der Waals surface area contributed by atoms with Crippen LogP contribution in [0.15, 0.2) is 0 Å². The largest absolute Gasteiger partial charge is 0.318 e. The van der Waals surface area contributed by atoms with Gasteiger partial charge in [0.2, 0.25) is 0 Å². The van der Waals surface area contributed by atoms with Gasteiger partial charge < -0.3 is 4.57 Å². The van der Waals surface area contributed by atoms with E-state index in [2.05, 4.69) is 42.6 Å². The number of hydrogen-bond acceptors (Lipinski definition) is 2. The monoisotopic (exact) mass is 235 g/mol. The predicted octanol–water partition coefficient (Wildman–Crippen LogP) is 3.44. The van der Waals surface area contributed by atoms with Gasteiger partial charge in [0.1, 0.15) is 11.6 Å². The summed E-state index contributed by atoms with van der Waals surface area (Å²) in [7, 11) is 2.08. The fraction of sp³-hybridized carbons (Fsp3) is 0.857. The third-order valence-electron chi connectivity index (χ3n) is 4.44. The zero-order valence-electron chi connectivity index (χ0n) is 11.8. The van der Waals surface area contributed by atoms with Crippen molar-refractivity contribution in [1.82, 2.24) is 14.8 Å². The van der Waals surface area contributed by atoms with E-state index in [1.807, 2.05) is 6.92 Å². The Morgan fingerprint density at radius 2 is 1.65 bits per heavy atom. The van der Waals surface area contributed by atoms with Crippen LogP contribution in [0.4, 0.5) is 0 Å². The molecular formula is C14H25N3. The third kappa shape index (κ3) is 2.53. The lowest BCUT2D eigenvalue weighted by atomic mass is 9.70. The fourth-order valence-corrected chi connectivity index (χ4v) is 3.00. The van der Waals surface area contributed by atoms with E-state index >= 15 is 0 Å². The molecule has 0 radical (unpaired) electrons. The Morgan fingerprint density at radius 3 is 2.06 bits per heavy atom. The van der Waals surface area contributed by atoms with Crippen molar-refractivity contribution in [1.29, 1.82) is 0 Å². The van der Waals surface area contributed by atoms with Crippen molar-refractivity contribution in [3.8, 4) is 0 Å². The predicted molar refractivity (Wildman–Crippen MR) is 69.9 cm³/mol. The first kappa shape index (κ1) is 12.6. The molecule has 0 bridgehead atoms. The van der Waals surface area contributed by atoms with E-state index in [-0.39, 0.29) is 0 Å². The van der Waals surface area contributed by atoms with Crippen LogP contribution >= 0.6 is 0 Å². The molecule has 17 heavy (non-hydrogen) atoms. The summed E-state index contributed by atoms with van der Waals surface area (Å²) in [5.41, 5.74) is 0.459. The molecule has 0 amide bonds. The summed E-state index contributed by atoms with van der Waals surface area (Å²) in [6, 6.07) is 0. The second-order valence-corrected chi connectivity index (χ2v) is 6.58. The lowest BCUT2D eigenvalue weighted by molar-refractivity contribution is 0.166. The molecule has 2 rings (SSSR count). The fourth-order valence-electron chi connectivity index (χ4n) is 3.00. The minimum atomic E-state index is 0.459. The molecule has 1 aromatic rings. The summed E-state index contributed by atoms with van der Waals surface area (Å²) < 4.78 is 2.15. The van der Waals surface area contributed by atoms with Crippen LogP contribution in [-0.2, 0) is 7.05 Å². The van der Waals surface area contributed by atoms with Crippen molar-refractivity contribution in [2.75, 3.05) is 0 Å². The quantitative estimate of drug-likeness (QED) is 0.746.